The molecule has 3 aromatic heterocycles. The number of thioether (sulfide) groups is 1. The van der Waals surface area contributed by atoms with Gasteiger partial charge in [-0.25, -0.2) is 9.97 Å². The van der Waals surface area contributed by atoms with Gasteiger partial charge in [0.05, 0.1) is 22.4 Å². The van der Waals surface area contributed by atoms with Gasteiger partial charge in [0.25, 0.3) is 0 Å². The van der Waals surface area contributed by atoms with Crippen LogP contribution in [0.4, 0.5) is 0 Å². The van der Waals surface area contributed by atoms with Gasteiger partial charge >= 0.3 is 0 Å². The Kier molecular flexibility index (Phi) is 5.68. The minimum Gasteiger partial charge on any atom is -0.299 e. The van der Waals surface area contributed by atoms with E-state index in [9.17, 15) is 0 Å². The zero-order valence-electron chi connectivity index (χ0n) is 17.9. The van der Waals surface area contributed by atoms with E-state index in [4.69, 9.17) is 9.97 Å². The number of benzene rings is 1. The van der Waals surface area contributed by atoms with Crippen molar-refractivity contribution in [3.05, 3.63) is 60.2 Å². The van der Waals surface area contributed by atoms with Crippen LogP contribution in [-0.4, -0.2) is 29.7 Å². The third-order valence-corrected chi connectivity index (χ3v) is 7.12. The van der Waals surface area contributed by atoms with Crippen molar-refractivity contribution in [3.8, 4) is 11.4 Å². The van der Waals surface area contributed by atoms with Crippen LogP contribution in [0.25, 0.3) is 22.4 Å². The van der Waals surface area contributed by atoms with Crippen LogP contribution < -0.4 is 0 Å². The molecule has 0 saturated heterocycles. The van der Waals surface area contributed by atoms with Crippen molar-refractivity contribution in [2.24, 2.45) is 5.92 Å². The lowest BCUT2D eigenvalue weighted by Crippen LogP contribution is -2.22. The van der Waals surface area contributed by atoms with Crippen LogP contribution in [-0.2, 0) is 5.75 Å². The molecule has 6 nitrogen and oxygen atoms in total. The zero-order valence-corrected chi connectivity index (χ0v) is 18.7. The summed E-state index contributed by atoms with van der Waals surface area (Å²) >= 11 is 1.70. The van der Waals surface area contributed by atoms with Gasteiger partial charge in [0.15, 0.2) is 11.0 Å². The van der Waals surface area contributed by atoms with Crippen molar-refractivity contribution < 1.29 is 0 Å². The van der Waals surface area contributed by atoms with Gasteiger partial charge in [-0.3, -0.25) is 9.55 Å². The van der Waals surface area contributed by atoms with Crippen molar-refractivity contribution in [2.45, 2.75) is 56.5 Å². The molecule has 0 radical (unpaired) electrons. The van der Waals surface area contributed by atoms with Crippen molar-refractivity contribution in [3.63, 3.8) is 0 Å². The van der Waals surface area contributed by atoms with E-state index >= 15 is 0 Å². The zero-order chi connectivity index (χ0) is 21.2. The Morgan fingerprint density at radius 2 is 1.81 bits per heavy atom. The summed E-state index contributed by atoms with van der Waals surface area (Å²) in [7, 11) is 0. The summed E-state index contributed by atoms with van der Waals surface area (Å²) in [5.41, 5.74) is 4.85. The molecule has 0 N–H and O–H groups in total. The van der Waals surface area contributed by atoms with Crippen LogP contribution in [0.15, 0.2) is 53.9 Å². The first-order valence-electron chi connectivity index (χ1n) is 10.9. The normalized spacial score (nSPS) is 19.0. The molecule has 4 aromatic rings. The first-order chi connectivity index (χ1) is 15.2. The van der Waals surface area contributed by atoms with Crippen LogP contribution in [0.3, 0.4) is 0 Å². The van der Waals surface area contributed by atoms with E-state index in [2.05, 4.69) is 32.7 Å². The van der Waals surface area contributed by atoms with Crippen LogP contribution in [0.1, 0.15) is 50.0 Å². The number of hydrogen-bond acceptors (Lipinski definition) is 6. The predicted octanol–water partition coefficient (Wildman–Crippen LogP) is 5.64. The molecule has 2 atom stereocenters. The second-order valence-electron chi connectivity index (χ2n) is 8.28. The largest absolute Gasteiger partial charge is 0.299 e. The highest BCUT2D eigenvalue weighted by Gasteiger charge is 2.28. The average Bonchev–Trinajstić information content (AvgIpc) is 3.22. The maximum atomic E-state index is 4.86. The number of aryl methyl sites for hydroxylation is 1. The summed E-state index contributed by atoms with van der Waals surface area (Å²) < 4.78 is 2.36. The maximum absolute atomic E-state index is 4.86. The number of nitrogens with zero attached hydrogens (tertiary/aromatic N) is 6. The van der Waals surface area contributed by atoms with E-state index in [-0.39, 0.29) is 0 Å². The highest BCUT2D eigenvalue weighted by molar-refractivity contribution is 7.98. The molecule has 1 aliphatic rings. The van der Waals surface area contributed by atoms with Gasteiger partial charge in [-0.15, -0.1) is 10.2 Å². The molecule has 31 heavy (non-hydrogen) atoms. The fourth-order valence-corrected chi connectivity index (χ4v) is 5.44. The lowest BCUT2D eigenvalue weighted by molar-refractivity contribution is 0.247. The number of aromatic nitrogens is 6. The van der Waals surface area contributed by atoms with E-state index < -0.39 is 0 Å². The van der Waals surface area contributed by atoms with E-state index in [0.717, 1.165) is 51.1 Å². The number of para-hydroxylation sites is 2. The number of fused-ring (bicyclic) bond motifs is 1. The summed E-state index contributed by atoms with van der Waals surface area (Å²) in [6.45, 7) is 4.38. The Morgan fingerprint density at radius 3 is 2.58 bits per heavy atom. The van der Waals surface area contributed by atoms with Gasteiger partial charge in [0, 0.05) is 29.8 Å². The van der Waals surface area contributed by atoms with Gasteiger partial charge in [0.1, 0.15) is 0 Å². The topological polar surface area (TPSA) is 69.4 Å². The Labute approximate surface area is 186 Å². The third kappa shape index (κ3) is 4.06. The lowest BCUT2D eigenvalue weighted by Gasteiger charge is -2.31. The summed E-state index contributed by atoms with van der Waals surface area (Å²) in [6.07, 6.45) is 8.63. The van der Waals surface area contributed by atoms with Crippen LogP contribution in [0.2, 0.25) is 0 Å². The van der Waals surface area contributed by atoms with Gasteiger partial charge in [-0.05, 0) is 49.9 Å². The standard InChI is InChI=1S/C24H26N6S/c1-16-8-3-6-12-22(16)30-23(18-9-7-13-25-14-18)28-29-24(30)31-15-21-17(2)26-19-10-4-5-11-20(19)27-21/h4-5,7,9-11,13-14,16,22H,3,6,8,12,15H2,1-2H3/t16-,22+/m0/s1. The molecule has 5 rings (SSSR count). The molecule has 1 aliphatic carbocycles. The van der Waals surface area contributed by atoms with Gasteiger partial charge < -0.3 is 0 Å². The molecule has 0 aliphatic heterocycles. The fourth-order valence-electron chi connectivity index (χ4n) is 4.44. The van der Waals surface area contributed by atoms with Crippen LogP contribution in [0.5, 0.6) is 0 Å². The SMILES string of the molecule is Cc1nc2ccccc2nc1CSc1nnc(-c2cccnc2)n1[C@@H]1CCCC[C@@H]1C. The minimum absolute atomic E-state index is 0.408. The smallest absolute Gasteiger partial charge is 0.192 e. The molecule has 1 aromatic carbocycles. The molecule has 7 heteroatoms. The number of hydrogen-bond donors (Lipinski definition) is 0. The van der Waals surface area contributed by atoms with E-state index in [0.29, 0.717) is 12.0 Å². The molecular weight excluding hydrogens is 404 g/mol. The number of rotatable bonds is 5. The second-order valence-corrected chi connectivity index (χ2v) is 9.22. The van der Waals surface area contributed by atoms with E-state index in [1.165, 1.54) is 19.3 Å². The van der Waals surface area contributed by atoms with Gasteiger partial charge in [-0.2, -0.15) is 0 Å². The highest BCUT2D eigenvalue weighted by atomic mass is 32.2. The molecule has 158 valence electrons. The van der Waals surface area contributed by atoms with Crippen molar-refractivity contribution in [2.75, 3.05) is 0 Å². The molecule has 0 amide bonds. The quantitative estimate of drug-likeness (QED) is 0.382. The van der Waals surface area contributed by atoms with Crippen molar-refractivity contribution in [1.29, 1.82) is 0 Å². The van der Waals surface area contributed by atoms with Crippen LogP contribution >= 0.6 is 11.8 Å². The Hall–Kier alpha value is -2.80. The molecule has 0 spiro atoms. The second kappa shape index (κ2) is 8.75. The minimum atomic E-state index is 0.408. The predicted molar refractivity (Wildman–Crippen MR) is 124 cm³/mol. The molecule has 3 heterocycles. The van der Waals surface area contributed by atoms with Crippen molar-refractivity contribution in [1.82, 2.24) is 29.7 Å². The number of pyridine rings is 1. The molecular formula is C24H26N6S. The van der Waals surface area contributed by atoms with Crippen molar-refractivity contribution >= 4 is 22.8 Å². The molecule has 0 unspecified atom stereocenters. The molecule has 0 bridgehead atoms. The lowest BCUT2D eigenvalue weighted by atomic mass is 9.85. The van der Waals surface area contributed by atoms with Gasteiger partial charge in [0.2, 0.25) is 0 Å². The van der Waals surface area contributed by atoms with Crippen LogP contribution in [0, 0.1) is 12.8 Å². The average molecular weight is 431 g/mol. The summed E-state index contributed by atoms with van der Waals surface area (Å²) in [5.74, 6) is 2.23. The summed E-state index contributed by atoms with van der Waals surface area (Å²) in [5, 5.41) is 10.2. The van der Waals surface area contributed by atoms with Gasteiger partial charge in [-0.1, -0.05) is 43.7 Å². The Morgan fingerprint density at radius 1 is 1.00 bits per heavy atom. The first-order valence-corrected chi connectivity index (χ1v) is 11.9. The summed E-state index contributed by atoms with van der Waals surface area (Å²) in [6, 6.07) is 12.5. The molecule has 1 saturated carbocycles. The Balaban J connectivity index is 1.49. The molecule has 1 fully saturated rings. The van der Waals surface area contributed by atoms with E-state index in [1.807, 2.05) is 43.5 Å². The first kappa shape index (κ1) is 20.1. The highest BCUT2D eigenvalue weighted by Crippen LogP contribution is 2.39. The summed E-state index contributed by atoms with van der Waals surface area (Å²) in [4.78, 5) is 13.9. The monoisotopic (exact) mass is 430 g/mol. The fraction of sp³-hybridized carbons (Fsp3) is 0.375. The third-order valence-electron chi connectivity index (χ3n) is 6.16. The maximum Gasteiger partial charge on any atom is 0.192 e. The Bertz CT molecular complexity index is 1190. The van der Waals surface area contributed by atoms with E-state index in [1.54, 1.807) is 18.0 Å².